The van der Waals surface area contributed by atoms with Crippen molar-refractivity contribution in [3.8, 4) is 0 Å². The fourth-order valence-corrected chi connectivity index (χ4v) is 2.32. The summed E-state index contributed by atoms with van der Waals surface area (Å²) >= 11 is 0. The molecule has 0 unspecified atom stereocenters. The number of pyridine rings is 1. The summed E-state index contributed by atoms with van der Waals surface area (Å²) in [4.78, 5) is 11.6. The van der Waals surface area contributed by atoms with Gasteiger partial charge in [0.25, 0.3) is 5.56 Å². The molecule has 6 nitrogen and oxygen atoms in total. The van der Waals surface area contributed by atoms with E-state index in [0.29, 0.717) is 12.2 Å². The Hall–Kier alpha value is -2.12. The minimum Gasteiger partial charge on any atom is -0.311 e. The van der Waals surface area contributed by atoms with Gasteiger partial charge in [-0.1, -0.05) is 18.2 Å². The molecule has 0 aliphatic carbocycles. The first-order valence-corrected chi connectivity index (χ1v) is 7.77. The lowest BCUT2D eigenvalue weighted by molar-refractivity contribution is 0.527. The SMILES string of the molecule is CN(C)S(=O)(=O)Nc1ccc(Cn2ccccc2=O)cc1. The molecule has 1 N–H and O–H groups in total. The van der Waals surface area contributed by atoms with Crippen LogP contribution in [-0.4, -0.2) is 31.4 Å². The molecule has 1 heterocycles. The van der Waals surface area contributed by atoms with E-state index in [1.165, 1.54) is 20.2 Å². The summed E-state index contributed by atoms with van der Waals surface area (Å²) in [7, 11) is -0.588. The fourth-order valence-electron chi connectivity index (χ4n) is 1.71. The first kappa shape index (κ1) is 15.3. The molecule has 0 bridgehead atoms. The van der Waals surface area contributed by atoms with E-state index >= 15 is 0 Å². The molecule has 0 saturated carbocycles. The molecule has 0 amide bonds. The summed E-state index contributed by atoms with van der Waals surface area (Å²) in [5.74, 6) is 0. The number of nitrogens with zero attached hydrogens (tertiary/aromatic N) is 2. The van der Waals surface area contributed by atoms with E-state index in [-0.39, 0.29) is 5.56 Å². The molecule has 0 aliphatic heterocycles. The highest BCUT2D eigenvalue weighted by Gasteiger charge is 2.12. The first-order chi connectivity index (χ1) is 9.88. The van der Waals surface area contributed by atoms with Gasteiger partial charge in [-0.15, -0.1) is 0 Å². The second-order valence-electron chi connectivity index (χ2n) is 4.75. The highest BCUT2D eigenvalue weighted by atomic mass is 32.2. The van der Waals surface area contributed by atoms with Gasteiger partial charge in [-0.05, 0) is 23.8 Å². The Balaban J connectivity index is 2.13. The van der Waals surface area contributed by atoms with E-state index in [9.17, 15) is 13.2 Å². The van der Waals surface area contributed by atoms with Crippen molar-refractivity contribution < 1.29 is 8.42 Å². The van der Waals surface area contributed by atoms with Gasteiger partial charge in [0.2, 0.25) is 0 Å². The predicted molar refractivity (Wildman–Crippen MR) is 82.5 cm³/mol. The Bertz CT molecular complexity index is 765. The van der Waals surface area contributed by atoms with Crippen molar-refractivity contribution in [2.75, 3.05) is 18.8 Å². The number of nitrogens with one attached hydrogen (secondary N) is 1. The molecule has 0 spiro atoms. The smallest absolute Gasteiger partial charge is 0.301 e. The third kappa shape index (κ3) is 3.93. The molecule has 0 fully saturated rings. The molecular formula is C14H17N3O3S. The molecular weight excluding hydrogens is 290 g/mol. The predicted octanol–water partition coefficient (Wildman–Crippen LogP) is 1.11. The summed E-state index contributed by atoms with van der Waals surface area (Å²) in [5, 5.41) is 0. The van der Waals surface area contributed by atoms with Crippen molar-refractivity contribution in [2.45, 2.75) is 6.54 Å². The van der Waals surface area contributed by atoms with Gasteiger partial charge in [0, 0.05) is 32.0 Å². The quantitative estimate of drug-likeness (QED) is 0.899. The molecule has 21 heavy (non-hydrogen) atoms. The summed E-state index contributed by atoms with van der Waals surface area (Å²) in [6.07, 6.45) is 1.71. The standard InChI is InChI=1S/C14H17N3O3S/c1-16(2)21(19,20)15-13-8-6-12(7-9-13)11-17-10-4-3-5-14(17)18/h3-10,15H,11H2,1-2H3. The summed E-state index contributed by atoms with van der Waals surface area (Å²) in [6.45, 7) is 0.445. The average molecular weight is 307 g/mol. The van der Waals surface area contributed by atoms with Crippen LogP contribution in [0, 0.1) is 0 Å². The minimum atomic E-state index is -3.50. The van der Waals surface area contributed by atoms with Gasteiger partial charge in [0.1, 0.15) is 0 Å². The van der Waals surface area contributed by atoms with Crippen LogP contribution in [0.3, 0.4) is 0 Å². The number of rotatable bonds is 5. The topological polar surface area (TPSA) is 71.4 Å². The molecule has 2 aromatic rings. The molecule has 112 valence electrons. The van der Waals surface area contributed by atoms with Crippen LogP contribution in [0.15, 0.2) is 53.5 Å². The van der Waals surface area contributed by atoms with Crippen molar-refractivity contribution in [3.05, 3.63) is 64.6 Å². The maximum absolute atomic E-state index is 11.7. The molecule has 0 atom stereocenters. The van der Waals surface area contributed by atoms with Crippen LogP contribution in [0.2, 0.25) is 0 Å². The number of aromatic nitrogens is 1. The number of hydrogen-bond acceptors (Lipinski definition) is 3. The van der Waals surface area contributed by atoms with Crippen LogP contribution in [0.4, 0.5) is 5.69 Å². The number of anilines is 1. The highest BCUT2D eigenvalue weighted by molar-refractivity contribution is 7.90. The van der Waals surface area contributed by atoms with Crippen molar-refractivity contribution in [1.29, 1.82) is 0 Å². The Kier molecular flexibility index (Phi) is 4.44. The Morgan fingerprint density at radius 3 is 2.33 bits per heavy atom. The maximum atomic E-state index is 11.7. The maximum Gasteiger partial charge on any atom is 0.301 e. The van der Waals surface area contributed by atoms with Gasteiger partial charge in [-0.3, -0.25) is 9.52 Å². The van der Waals surface area contributed by atoms with Crippen LogP contribution < -0.4 is 10.3 Å². The van der Waals surface area contributed by atoms with E-state index in [1.807, 2.05) is 0 Å². The zero-order chi connectivity index (χ0) is 15.5. The van der Waals surface area contributed by atoms with Gasteiger partial charge >= 0.3 is 10.2 Å². The van der Waals surface area contributed by atoms with Crippen LogP contribution in [-0.2, 0) is 16.8 Å². The molecule has 7 heteroatoms. The normalized spacial score (nSPS) is 11.6. The largest absolute Gasteiger partial charge is 0.311 e. The Labute approximate surface area is 123 Å². The van der Waals surface area contributed by atoms with Crippen molar-refractivity contribution in [3.63, 3.8) is 0 Å². The third-order valence-electron chi connectivity index (χ3n) is 2.93. The summed E-state index contributed by atoms with van der Waals surface area (Å²) in [5.41, 5.74) is 1.32. The molecule has 1 aromatic carbocycles. The van der Waals surface area contributed by atoms with E-state index in [0.717, 1.165) is 9.87 Å². The average Bonchev–Trinajstić information content (AvgIpc) is 2.43. The second-order valence-corrected chi connectivity index (χ2v) is 6.64. The Morgan fingerprint density at radius 2 is 1.76 bits per heavy atom. The zero-order valence-electron chi connectivity index (χ0n) is 11.9. The van der Waals surface area contributed by atoms with E-state index in [1.54, 1.807) is 47.2 Å². The first-order valence-electron chi connectivity index (χ1n) is 6.33. The second kappa shape index (κ2) is 6.11. The molecule has 2 rings (SSSR count). The van der Waals surface area contributed by atoms with Gasteiger partial charge in [0.05, 0.1) is 6.54 Å². The monoisotopic (exact) mass is 307 g/mol. The molecule has 0 saturated heterocycles. The van der Waals surface area contributed by atoms with Crippen molar-refractivity contribution >= 4 is 15.9 Å². The van der Waals surface area contributed by atoms with Gasteiger partial charge in [-0.25, -0.2) is 0 Å². The lowest BCUT2D eigenvalue weighted by atomic mass is 10.2. The molecule has 1 aromatic heterocycles. The third-order valence-corrected chi connectivity index (χ3v) is 4.39. The summed E-state index contributed by atoms with van der Waals surface area (Å²) < 4.78 is 28.5. The Morgan fingerprint density at radius 1 is 1.10 bits per heavy atom. The number of hydrogen-bond donors (Lipinski definition) is 1. The lowest BCUT2D eigenvalue weighted by Crippen LogP contribution is -2.28. The van der Waals surface area contributed by atoms with E-state index in [4.69, 9.17) is 0 Å². The van der Waals surface area contributed by atoms with Crippen LogP contribution >= 0.6 is 0 Å². The lowest BCUT2D eigenvalue weighted by Gasteiger charge is -2.13. The zero-order valence-corrected chi connectivity index (χ0v) is 12.7. The van der Waals surface area contributed by atoms with Crippen molar-refractivity contribution in [1.82, 2.24) is 8.87 Å². The van der Waals surface area contributed by atoms with E-state index < -0.39 is 10.2 Å². The molecule has 0 aliphatic rings. The highest BCUT2D eigenvalue weighted by Crippen LogP contribution is 2.12. The van der Waals surface area contributed by atoms with Crippen LogP contribution in [0.5, 0.6) is 0 Å². The van der Waals surface area contributed by atoms with Crippen LogP contribution in [0.1, 0.15) is 5.56 Å². The van der Waals surface area contributed by atoms with E-state index in [2.05, 4.69) is 4.72 Å². The van der Waals surface area contributed by atoms with Gasteiger partial charge < -0.3 is 4.57 Å². The number of benzene rings is 1. The van der Waals surface area contributed by atoms with Crippen LogP contribution in [0.25, 0.3) is 0 Å². The van der Waals surface area contributed by atoms with Gasteiger partial charge in [-0.2, -0.15) is 12.7 Å². The summed E-state index contributed by atoms with van der Waals surface area (Å²) in [6, 6.07) is 11.9. The van der Waals surface area contributed by atoms with Crippen molar-refractivity contribution in [2.24, 2.45) is 0 Å². The minimum absolute atomic E-state index is 0.0742. The molecule has 0 radical (unpaired) electrons. The fraction of sp³-hybridized carbons (Fsp3) is 0.214. The van der Waals surface area contributed by atoms with Gasteiger partial charge in [0.15, 0.2) is 0 Å².